The molecule has 0 aromatic carbocycles. The number of aliphatic imine (C=N–C) groups is 1. The molecule has 0 amide bonds. The van der Waals surface area contributed by atoms with Crippen LogP contribution < -0.4 is 10.6 Å². The first kappa shape index (κ1) is 23.7. The van der Waals surface area contributed by atoms with Crippen molar-refractivity contribution < 1.29 is 13.2 Å². The first-order chi connectivity index (χ1) is 13.5. The number of guanidine groups is 1. The third-order valence-corrected chi connectivity index (χ3v) is 5.03. The van der Waals surface area contributed by atoms with Gasteiger partial charge in [0, 0.05) is 31.7 Å². The monoisotopic (exact) mass is 524 g/mol. The molecule has 0 aliphatic heterocycles. The molecule has 162 valence electrons. The van der Waals surface area contributed by atoms with Crippen LogP contribution in [0.4, 0.5) is 13.2 Å². The van der Waals surface area contributed by atoms with Gasteiger partial charge < -0.3 is 10.6 Å². The number of rotatable bonds is 6. The first-order valence-electron chi connectivity index (χ1n) is 9.87. The minimum atomic E-state index is -4.11. The maximum absolute atomic E-state index is 13.0. The highest BCUT2D eigenvalue weighted by molar-refractivity contribution is 14.0. The highest BCUT2D eigenvalue weighted by Crippen LogP contribution is 2.37. The molecule has 0 spiro atoms. The van der Waals surface area contributed by atoms with E-state index >= 15 is 0 Å². The predicted octanol–water partition coefficient (Wildman–Crippen LogP) is 3.96. The van der Waals surface area contributed by atoms with E-state index in [1.807, 2.05) is 35.7 Å². The molecule has 0 radical (unpaired) electrons. The zero-order chi connectivity index (χ0) is 20.0. The van der Waals surface area contributed by atoms with Crippen molar-refractivity contribution in [2.75, 3.05) is 13.1 Å². The highest BCUT2D eigenvalue weighted by atomic mass is 127. The molecule has 1 aliphatic rings. The molecule has 1 aliphatic carbocycles. The van der Waals surface area contributed by atoms with Crippen LogP contribution in [0.5, 0.6) is 0 Å². The summed E-state index contributed by atoms with van der Waals surface area (Å²) >= 11 is 0. The van der Waals surface area contributed by atoms with Crippen LogP contribution in [-0.4, -0.2) is 45.9 Å². The molecule has 2 N–H and O–H groups in total. The number of nitrogens with one attached hydrogen (secondary N) is 2. The SMILES string of the molecule is CCNC(=NCCCc1nnc2ccccn12)NC1CCCC(C(F)(F)F)C1.I. The highest BCUT2D eigenvalue weighted by Gasteiger charge is 2.42. The van der Waals surface area contributed by atoms with Gasteiger partial charge in [-0.15, -0.1) is 34.2 Å². The van der Waals surface area contributed by atoms with Crippen LogP contribution in [0, 0.1) is 5.92 Å². The predicted molar refractivity (Wildman–Crippen MR) is 118 cm³/mol. The summed E-state index contributed by atoms with van der Waals surface area (Å²) in [5.74, 6) is 0.244. The summed E-state index contributed by atoms with van der Waals surface area (Å²) < 4.78 is 41.0. The van der Waals surface area contributed by atoms with Crippen molar-refractivity contribution in [2.24, 2.45) is 10.9 Å². The van der Waals surface area contributed by atoms with Gasteiger partial charge in [-0.05, 0) is 44.7 Å². The van der Waals surface area contributed by atoms with E-state index in [1.54, 1.807) is 0 Å². The van der Waals surface area contributed by atoms with Gasteiger partial charge in [0.2, 0.25) is 0 Å². The Morgan fingerprint density at radius 1 is 1.28 bits per heavy atom. The minimum absolute atomic E-state index is 0. The summed E-state index contributed by atoms with van der Waals surface area (Å²) in [6.45, 7) is 3.17. The van der Waals surface area contributed by atoms with Gasteiger partial charge in [0.25, 0.3) is 0 Å². The quantitative estimate of drug-likeness (QED) is 0.260. The Bertz CT molecular complexity index is 792. The Morgan fingerprint density at radius 3 is 2.86 bits per heavy atom. The summed E-state index contributed by atoms with van der Waals surface area (Å²) in [7, 11) is 0. The van der Waals surface area contributed by atoms with Crippen LogP contribution in [-0.2, 0) is 6.42 Å². The molecule has 10 heteroatoms. The second kappa shape index (κ2) is 11.0. The van der Waals surface area contributed by atoms with Crippen LogP contribution in [0.15, 0.2) is 29.4 Å². The standard InChI is InChI=1S/C19H27F3N6.HI/c1-2-23-18(25-15-8-5-7-14(13-15)19(20,21)22)24-11-6-10-17-27-26-16-9-3-4-12-28(16)17;/h3-4,9,12,14-15H,2,5-8,10-11,13H2,1H3,(H2,23,24,25);1H. The van der Waals surface area contributed by atoms with Crippen LogP contribution in [0.25, 0.3) is 5.65 Å². The van der Waals surface area contributed by atoms with E-state index in [-0.39, 0.29) is 42.9 Å². The molecule has 2 atom stereocenters. The molecule has 29 heavy (non-hydrogen) atoms. The van der Waals surface area contributed by atoms with Crippen LogP contribution in [0.2, 0.25) is 0 Å². The van der Waals surface area contributed by atoms with Crippen molar-refractivity contribution in [3.05, 3.63) is 30.2 Å². The molecule has 2 heterocycles. The second-order valence-corrected chi connectivity index (χ2v) is 7.16. The number of nitrogens with zero attached hydrogens (tertiary/aromatic N) is 4. The largest absolute Gasteiger partial charge is 0.391 e. The Morgan fingerprint density at radius 2 is 2.10 bits per heavy atom. The summed E-state index contributed by atoms with van der Waals surface area (Å²) in [6.07, 6.45) is 0.984. The van der Waals surface area contributed by atoms with E-state index in [1.165, 1.54) is 0 Å². The molecular weight excluding hydrogens is 496 g/mol. The van der Waals surface area contributed by atoms with Gasteiger partial charge in [0.05, 0.1) is 5.92 Å². The lowest BCUT2D eigenvalue weighted by Crippen LogP contribution is -2.46. The van der Waals surface area contributed by atoms with E-state index < -0.39 is 12.1 Å². The van der Waals surface area contributed by atoms with Gasteiger partial charge >= 0.3 is 6.18 Å². The van der Waals surface area contributed by atoms with E-state index in [2.05, 4.69) is 25.8 Å². The fourth-order valence-electron chi connectivity index (χ4n) is 3.62. The van der Waals surface area contributed by atoms with Crippen molar-refractivity contribution in [1.29, 1.82) is 0 Å². The average Bonchev–Trinajstić information content (AvgIpc) is 3.08. The van der Waals surface area contributed by atoms with E-state index in [4.69, 9.17) is 0 Å². The Balaban J connectivity index is 0.00000300. The van der Waals surface area contributed by atoms with Gasteiger partial charge in [-0.3, -0.25) is 9.39 Å². The molecule has 2 unspecified atom stereocenters. The van der Waals surface area contributed by atoms with Crippen molar-refractivity contribution in [1.82, 2.24) is 25.2 Å². The third kappa shape index (κ3) is 6.71. The molecule has 0 saturated heterocycles. The van der Waals surface area contributed by atoms with Crippen LogP contribution >= 0.6 is 24.0 Å². The lowest BCUT2D eigenvalue weighted by molar-refractivity contribution is -0.183. The van der Waals surface area contributed by atoms with Gasteiger partial charge in [-0.25, -0.2) is 0 Å². The summed E-state index contributed by atoms with van der Waals surface area (Å²) in [4.78, 5) is 4.53. The molecule has 1 saturated carbocycles. The van der Waals surface area contributed by atoms with Crippen LogP contribution in [0.3, 0.4) is 0 Å². The van der Waals surface area contributed by atoms with Gasteiger partial charge in [0.15, 0.2) is 11.6 Å². The van der Waals surface area contributed by atoms with E-state index in [0.29, 0.717) is 25.5 Å². The molecule has 6 nitrogen and oxygen atoms in total. The van der Waals surface area contributed by atoms with Gasteiger partial charge in [-0.1, -0.05) is 12.5 Å². The molecule has 3 rings (SSSR count). The third-order valence-electron chi connectivity index (χ3n) is 5.03. The topological polar surface area (TPSA) is 66.6 Å². The van der Waals surface area contributed by atoms with E-state index in [9.17, 15) is 13.2 Å². The zero-order valence-electron chi connectivity index (χ0n) is 16.5. The summed E-state index contributed by atoms with van der Waals surface area (Å²) in [6, 6.07) is 5.56. The van der Waals surface area contributed by atoms with E-state index in [0.717, 1.165) is 30.7 Å². The number of halogens is 4. The normalized spacial score (nSPS) is 20.3. The number of aryl methyl sites for hydroxylation is 1. The average molecular weight is 524 g/mol. The van der Waals surface area contributed by atoms with Crippen molar-refractivity contribution in [2.45, 2.75) is 57.7 Å². The number of alkyl halides is 3. The fourth-order valence-corrected chi connectivity index (χ4v) is 3.62. The fraction of sp³-hybridized carbons (Fsp3) is 0.632. The number of aromatic nitrogens is 3. The number of pyridine rings is 1. The number of hydrogen-bond donors (Lipinski definition) is 2. The lowest BCUT2D eigenvalue weighted by Gasteiger charge is -2.31. The zero-order valence-corrected chi connectivity index (χ0v) is 18.8. The Hall–Kier alpha value is -1.59. The summed E-state index contributed by atoms with van der Waals surface area (Å²) in [5.41, 5.74) is 0.813. The van der Waals surface area contributed by atoms with Gasteiger partial charge in [-0.2, -0.15) is 13.2 Å². The maximum Gasteiger partial charge on any atom is 0.391 e. The van der Waals surface area contributed by atoms with Gasteiger partial charge in [0.1, 0.15) is 5.82 Å². The summed E-state index contributed by atoms with van der Waals surface area (Å²) in [5, 5.41) is 14.6. The molecule has 0 bridgehead atoms. The second-order valence-electron chi connectivity index (χ2n) is 7.16. The number of fused-ring (bicyclic) bond motifs is 1. The molecule has 2 aromatic rings. The van der Waals surface area contributed by atoms with Crippen molar-refractivity contribution in [3.8, 4) is 0 Å². The smallest absolute Gasteiger partial charge is 0.357 e. The minimum Gasteiger partial charge on any atom is -0.357 e. The first-order valence-corrected chi connectivity index (χ1v) is 9.87. The number of hydrogen-bond acceptors (Lipinski definition) is 3. The van der Waals surface area contributed by atoms with Crippen molar-refractivity contribution >= 4 is 35.6 Å². The Labute approximate surface area is 185 Å². The molecule has 2 aromatic heterocycles. The lowest BCUT2D eigenvalue weighted by atomic mass is 9.85. The maximum atomic E-state index is 13.0. The molecular formula is C19H28F3IN6. The molecule has 1 fully saturated rings. The Kier molecular flexibility index (Phi) is 8.97. The van der Waals surface area contributed by atoms with Crippen molar-refractivity contribution in [3.63, 3.8) is 0 Å². The van der Waals surface area contributed by atoms with Crippen LogP contribution in [0.1, 0.15) is 44.9 Å².